The first-order valence-electron chi connectivity index (χ1n) is 6.84. The maximum Gasteiger partial charge on any atom is 0.0486 e. The largest absolute Gasteiger partial charge is 0.378 e. The van der Waals surface area contributed by atoms with Gasteiger partial charge in [-0.3, -0.25) is 0 Å². The summed E-state index contributed by atoms with van der Waals surface area (Å²) in [6.07, 6.45) is 0. The second-order valence-corrected chi connectivity index (χ2v) is 6.35. The molecule has 0 heterocycles. The number of halogens is 2. The molecule has 0 aliphatic carbocycles. The summed E-state index contributed by atoms with van der Waals surface area (Å²) >= 11 is 9.68. The maximum absolute atomic E-state index is 6.07. The van der Waals surface area contributed by atoms with Crippen LogP contribution < -0.4 is 5.32 Å². The number of anilines is 1. The van der Waals surface area contributed by atoms with Gasteiger partial charge in [0.05, 0.1) is 0 Å². The summed E-state index contributed by atoms with van der Waals surface area (Å²) in [5.74, 6) is 0. The van der Waals surface area contributed by atoms with Crippen LogP contribution in [0.25, 0.3) is 10.8 Å². The molecule has 0 aliphatic heterocycles. The Balaban J connectivity index is 1.97. The van der Waals surface area contributed by atoms with Crippen LogP contribution in [0.3, 0.4) is 0 Å². The van der Waals surface area contributed by atoms with Gasteiger partial charge in [0.1, 0.15) is 0 Å². The van der Waals surface area contributed by atoms with Gasteiger partial charge in [-0.1, -0.05) is 63.9 Å². The Labute approximate surface area is 138 Å². The van der Waals surface area contributed by atoms with Crippen LogP contribution in [-0.4, -0.2) is 0 Å². The molecule has 1 N–H and O–H groups in total. The van der Waals surface area contributed by atoms with Gasteiger partial charge in [0, 0.05) is 26.6 Å². The van der Waals surface area contributed by atoms with Crippen LogP contribution in [-0.2, 0) is 0 Å². The molecule has 1 unspecified atom stereocenters. The molecule has 21 heavy (non-hydrogen) atoms. The Bertz CT molecular complexity index is 785. The van der Waals surface area contributed by atoms with Crippen LogP contribution in [0.5, 0.6) is 0 Å². The van der Waals surface area contributed by atoms with E-state index in [-0.39, 0.29) is 6.04 Å². The van der Waals surface area contributed by atoms with Gasteiger partial charge in [0.15, 0.2) is 0 Å². The molecule has 3 rings (SSSR count). The number of nitrogens with one attached hydrogen (secondary N) is 1. The summed E-state index contributed by atoms with van der Waals surface area (Å²) in [5, 5.41) is 6.76. The van der Waals surface area contributed by atoms with Crippen molar-refractivity contribution in [2.45, 2.75) is 13.0 Å². The first kappa shape index (κ1) is 14.4. The van der Waals surface area contributed by atoms with Crippen molar-refractivity contribution in [1.29, 1.82) is 0 Å². The molecule has 0 saturated heterocycles. The molecule has 0 bridgehead atoms. The average Bonchev–Trinajstić information content (AvgIpc) is 2.50. The van der Waals surface area contributed by atoms with Crippen LogP contribution in [0.4, 0.5) is 5.69 Å². The van der Waals surface area contributed by atoms with Crippen LogP contribution in [0, 0.1) is 0 Å². The highest BCUT2D eigenvalue weighted by Crippen LogP contribution is 2.32. The topological polar surface area (TPSA) is 12.0 Å². The molecular formula is C18H15BrClN. The Hall–Kier alpha value is -1.51. The first-order chi connectivity index (χ1) is 10.1. The third-order valence-electron chi connectivity index (χ3n) is 3.59. The summed E-state index contributed by atoms with van der Waals surface area (Å²) in [6.45, 7) is 2.14. The van der Waals surface area contributed by atoms with E-state index in [0.717, 1.165) is 15.2 Å². The molecule has 3 heteroatoms. The molecule has 0 aliphatic rings. The predicted octanol–water partition coefficient (Wildman–Crippen LogP) is 6.43. The van der Waals surface area contributed by atoms with Crippen molar-refractivity contribution in [2.24, 2.45) is 0 Å². The molecule has 0 saturated carbocycles. The van der Waals surface area contributed by atoms with Crippen LogP contribution in [0.15, 0.2) is 65.1 Å². The highest BCUT2D eigenvalue weighted by Gasteiger charge is 2.09. The van der Waals surface area contributed by atoms with Crippen molar-refractivity contribution in [1.82, 2.24) is 0 Å². The molecule has 0 spiro atoms. The van der Waals surface area contributed by atoms with E-state index in [1.165, 1.54) is 16.3 Å². The standard InChI is InChI=1S/C18H15BrClN/c1-12(13-5-4-6-14(20)11-13)21-18-10-9-17(19)15-7-2-3-8-16(15)18/h2-12,21H,1H3. The van der Waals surface area contributed by atoms with E-state index in [2.05, 4.69) is 70.6 Å². The van der Waals surface area contributed by atoms with E-state index in [0.29, 0.717) is 0 Å². The summed E-state index contributed by atoms with van der Waals surface area (Å²) in [7, 11) is 0. The Morgan fingerprint density at radius 1 is 0.952 bits per heavy atom. The van der Waals surface area contributed by atoms with E-state index < -0.39 is 0 Å². The third kappa shape index (κ3) is 3.07. The molecule has 0 aromatic heterocycles. The lowest BCUT2D eigenvalue weighted by Crippen LogP contribution is -2.06. The molecule has 0 fully saturated rings. The van der Waals surface area contributed by atoms with Gasteiger partial charge in [-0.05, 0) is 42.1 Å². The number of benzene rings is 3. The van der Waals surface area contributed by atoms with Crippen molar-refractivity contribution in [2.75, 3.05) is 5.32 Å². The van der Waals surface area contributed by atoms with Crippen LogP contribution >= 0.6 is 27.5 Å². The fourth-order valence-corrected chi connectivity index (χ4v) is 3.16. The summed E-state index contributed by atoms with van der Waals surface area (Å²) in [4.78, 5) is 0. The smallest absolute Gasteiger partial charge is 0.0486 e. The molecule has 0 radical (unpaired) electrons. The number of hydrogen-bond donors (Lipinski definition) is 1. The van der Waals surface area contributed by atoms with Gasteiger partial charge in [-0.2, -0.15) is 0 Å². The fourth-order valence-electron chi connectivity index (χ4n) is 2.48. The lowest BCUT2D eigenvalue weighted by atomic mass is 10.1. The quantitative estimate of drug-likeness (QED) is 0.567. The van der Waals surface area contributed by atoms with E-state index in [1.54, 1.807) is 0 Å². The van der Waals surface area contributed by atoms with Crippen molar-refractivity contribution in [3.63, 3.8) is 0 Å². The van der Waals surface area contributed by atoms with Crippen molar-refractivity contribution in [3.8, 4) is 0 Å². The van der Waals surface area contributed by atoms with Crippen molar-refractivity contribution < 1.29 is 0 Å². The van der Waals surface area contributed by atoms with Crippen molar-refractivity contribution >= 4 is 44.0 Å². The van der Waals surface area contributed by atoms with Crippen LogP contribution in [0.1, 0.15) is 18.5 Å². The second kappa shape index (κ2) is 6.08. The van der Waals surface area contributed by atoms with Crippen LogP contribution in [0.2, 0.25) is 5.02 Å². The molecule has 1 atom stereocenters. The fraction of sp³-hybridized carbons (Fsp3) is 0.111. The Morgan fingerprint density at radius 2 is 1.71 bits per heavy atom. The zero-order valence-electron chi connectivity index (χ0n) is 11.6. The predicted molar refractivity (Wildman–Crippen MR) is 95.1 cm³/mol. The van der Waals surface area contributed by atoms with E-state index >= 15 is 0 Å². The van der Waals surface area contributed by atoms with E-state index in [1.807, 2.05) is 18.2 Å². The molecule has 106 valence electrons. The SMILES string of the molecule is CC(Nc1ccc(Br)c2ccccc12)c1cccc(Cl)c1. The van der Waals surface area contributed by atoms with Crippen molar-refractivity contribution in [3.05, 3.63) is 75.7 Å². The van der Waals surface area contributed by atoms with Gasteiger partial charge in [-0.15, -0.1) is 0 Å². The normalized spacial score (nSPS) is 12.3. The highest BCUT2D eigenvalue weighted by atomic mass is 79.9. The van der Waals surface area contributed by atoms with E-state index in [9.17, 15) is 0 Å². The number of hydrogen-bond acceptors (Lipinski definition) is 1. The minimum absolute atomic E-state index is 0.188. The zero-order valence-corrected chi connectivity index (χ0v) is 13.9. The minimum Gasteiger partial charge on any atom is -0.378 e. The zero-order chi connectivity index (χ0) is 14.8. The summed E-state index contributed by atoms with van der Waals surface area (Å²) in [6, 6.07) is 20.7. The Morgan fingerprint density at radius 3 is 2.48 bits per heavy atom. The monoisotopic (exact) mass is 359 g/mol. The summed E-state index contributed by atoms with van der Waals surface area (Å²) < 4.78 is 1.11. The third-order valence-corrected chi connectivity index (χ3v) is 4.52. The molecule has 3 aromatic carbocycles. The number of rotatable bonds is 3. The average molecular weight is 361 g/mol. The van der Waals surface area contributed by atoms with Gasteiger partial charge in [-0.25, -0.2) is 0 Å². The first-order valence-corrected chi connectivity index (χ1v) is 8.01. The molecule has 3 aromatic rings. The molecule has 0 amide bonds. The summed E-state index contributed by atoms with van der Waals surface area (Å²) in [5.41, 5.74) is 2.30. The van der Waals surface area contributed by atoms with Gasteiger partial charge >= 0.3 is 0 Å². The maximum atomic E-state index is 6.07. The number of fused-ring (bicyclic) bond motifs is 1. The lowest BCUT2D eigenvalue weighted by molar-refractivity contribution is 0.887. The van der Waals surface area contributed by atoms with Gasteiger partial charge < -0.3 is 5.32 Å². The van der Waals surface area contributed by atoms with E-state index in [4.69, 9.17) is 11.6 Å². The second-order valence-electron chi connectivity index (χ2n) is 5.06. The molecular weight excluding hydrogens is 346 g/mol. The highest BCUT2D eigenvalue weighted by molar-refractivity contribution is 9.10. The van der Waals surface area contributed by atoms with Gasteiger partial charge in [0.25, 0.3) is 0 Å². The molecule has 1 nitrogen and oxygen atoms in total. The van der Waals surface area contributed by atoms with Gasteiger partial charge in [0.2, 0.25) is 0 Å². The minimum atomic E-state index is 0.188. The Kier molecular flexibility index (Phi) is 4.18. The lowest BCUT2D eigenvalue weighted by Gasteiger charge is -2.18.